The largest absolute Gasteiger partial charge is 0.496 e. The molecule has 0 aliphatic heterocycles. The van der Waals surface area contributed by atoms with Gasteiger partial charge in [-0.3, -0.25) is 10.1 Å². The number of nitro benzene ring substituents is 1. The van der Waals surface area contributed by atoms with Gasteiger partial charge in [0.15, 0.2) is 0 Å². The van der Waals surface area contributed by atoms with E-state index < -0.39 is 4.92 Å². The summed E-state index contributed by atoms with van der Waals surface area (Å²) in [6.45, 7) is 6.99. The summed E-state index contributed by atoms with van der Waals surface area (Å²) in [7, 11) is 1.51. The summed E-state index contributed by atoms with van der Waals surface area (Å²) < 4.78 is 5.09. The minimum atomic E-state index is -0.400. The van der Waals surface area contributed by atoms with Crippen molar-refractivity contribution in [2.75, 3.05) is 7.11 Å². The van der Waals surface area contributed by atoms with Crippen LogP contribution < -0.4 is 10.1 Å². The Balaban J connectivity index is 2.83. The number of hydrogen-bond donors (Lipinski definition) is 1. The molecule has 0 aromatic heterocycles. The van der Waals surface area contributed by atoms with E-state index >= 15 is 0 Å². The van der Waals surface area contributed by atoms with Crippen molar-refractivity contribution in [2.45, 2.75) is 45.7 Å². The third-order valence-electron chi connectivity index (χ3n) is 3.04. The molecule has 0 amide bonds. The molecule has 0 aliphatic carbocycles. The zero-order valence-corrected chi connectivity index (χ0v) is 12.0. The van der Waals surface area contributed by atoms with Crippen LogP contribution in [0.15, 0.2) is 18.2 Å². The van der Waals surface area contributed by atoms with Gasteiger partial charge in [0.05, 0.1) is 18.1 Å². The molecule has 0 unspecified atom stereocenters. The van der Waals surface area contributed by atoms with Crippen LogP contribution in [0.2, 0.25) is 0 Å². The van der Waals surface area contributed by atoms with Gasteiger partial charge in [-0.2, -0.15) is 0 Å². The van der Waals surface area contributed by atoms with E-state index in [0.29, 0.717) is 12.3 Å². The summed E-state index contributed by atoms with van der Waals surface area (Å²) >= 11 is 0. The Bertz CT molecular complexity index is 444. The van der Waals surface area contributed by atoms with E-state index in [0.717, 1.165) is 18.4 Å². The Kier molecular flexibility index (Phi) is 5.30. The molecule has 0 spiro atoms. The van der Waals surface area contributed by atoms with Crippen LogP contribution in [0.3, 0.4) is 0 Å². The van der Waals surface area contributed by atoms with E-state index in [1.165, 1.54) is 13.2 Å². The van der Waals surface area contributed by atoms with Crippen molar-refractivity contribution in [3.05, 3.63) is 33.9 Å². The molecule has 0 fully saturated rings. The number of benzene rings is 1. The molecule has 106 valence electrons. The quantitative estimate of drug-likeness (QED) is 0.607. The highest BCUT2D eigenvalue weighted by atomic mass is 16.6. The molecule has 5 heteroatoms. The molecule has 0 heterocycles. The van der Waals surface area contributed by atoms with Crippen molar-refractivity contribution < 1.29 is 9.66 Å². The third-order valence-corrected chi connectivity index (χ3v) is 3.04. The molecule has 5 nitrogen and oxygen atoms in total. The fourth-order valence-corrected chi connectivity index (χ4v) is 2.02. The van der Waals surface area contributed by atoms with Crippen molar-refractivity contribution in [1.29, 1.82) is 0 Å². The van der Waals surface area contributed by atoms with Crippen LogP contribution in [0.1, 0.15) is 39.2 Å². The Morgan fingerprint density at radius 2 is 2.05 bits per heavy atom. The molecule has 1 rings (SSSR count). The summed E-state index contributed by atoms with van der Waals surface area (Å²) in [5.41, 5.74) is 0.937. The van der Waals surface area contributed by atoms with Crippen molar-refractivity contribution in [2.24, 2.45) is 0 Å². The van der Waals surface area contributed by atoms with Crippen LogP contribution in [0.25, 0.3) is 0 Å². The Morgan fingerprint density at radius 3 is 2.58 bits per heavy atom. The van der Waals surface area contributed by atoms with Gasteiger partial charge in [0.2, 0.25) is 0 Å². The van der Waals surface area contributed by atoms with Gasteiger partial charge in [0.1, 0.15) is 5.75 Å². The van der Waals surface area contributed by atoms with Gasteiger partial charge >= 0.3 is 0 Å². The number of rotatable bonds is 7. The first-order valence-electron chi connectivity index (χ1n) is 6.45. The van der Waals surface area contributed by atoms with Crippen molar-refractivity contribution in [1.82, 2.24) is 5.32 Å². The van der Waals surface area contributed by atoms with Gasteiger partial charge in [-0.15, -0.1) is 0 Å². The summed E-state index contributed by atoms with van der Waals surface area (Å²) in [6, 6.07) is 4.83. The maximum atomic E-state index is 10.9. The first-order valence-corrected chi connectivity index (χ1v) is 6.45. The monoisotopic (exact) mass is 266 g/mol. The van der Waals surface area contributed by atoms with E-state index in [1.54, 1.807) is 6.07 Å². The molecule has 0 saturated carbocycles. The van der Waals surface area contributed by atoms with Gasteiger partial charge in [-0.25, -0.2) is 0 Å². The Hall–Kier alpha value is -1.62. The lowest BCUT2D eigenvalue weighted by atomic mass is 9.98. The van der Waals surface area contributed by atoms with E-state index in [-0.39, 0.29) is 11.2 Å². The minimum Gasteiger partial charge on any atom is -0.496 e. The lowest BCUT2D eigenvalue weighted by Crippen LogP contribution is -2.38. The second-order valence-electron chi connectivity index (χ2n) is 5.28. The number of nitrogens with one attached hydrogen (secondary N) is 1. The van der Waals surface area contributed by atoms with Crippen molar-refractivity contribution in [3.63, 3.8) is 0 Å². The van der Waals surface area contributed by atoms with Gasteiger partial charge in [0.25, 0.3) is 5.69 Å². The van der Waals surface area contributed by atoms with Crippen LogP contribution in [-0.2, 0) is 6.54 Å². The van der Waals surface area contributed by atoms with Gasteiger partial charge in [-0.05, 0) is 31.9 Å². The Morgan fingerprint density at radius 1 is 1.37 bits per heavy atom. The molecule has 1 aromatic carbocycles. The first kappa shape index (κ1) is 15.4. The molecule has 0 radical (unpaired) electrons. The van der Waals surface area contributed by atoms with Gasteiger partial charge in [0, 0.05) is 18.2 Å². The van der Waals surface area contributed by atoms with Crippen LogP contribution in [-0.4, -0.2) is 17.6 Å². The third kappa shape index (κ3) is 4.87. The van der Waals surface area contributed by atoms with E-state index in [9.17, 15) is 10.1 Å². The second kappa shape index (κ2) is 6.52. The SMILES string of the molecule is CCCC(C)(C)NCc1cc(OC)cc([N+](=O)[O-])c1. The molecule has 0 aliphatic rings. The average molecular weight is 266 g/mol. The highest BCUT2D eigenvalue weighted by Gasteiger charge is 2.16. The number of ether oxygens (including phenoxy) is 1. The second-order valence-corrected chi connectivity index (χ2v) is 5.28. The topological polar surface area (TPSA) is 64.4 Å². The lowest BCUT2D eigenvalue weighted by molar-refractivity contribution is -0.385. The fraction of sp³-hybridized carbons (Fsp3) is 0.571. The summed E-state index contributed by atoms with van der Waals surface area (Å²) in [5, 5.41) is 14.3. The molecule has 0 bridgehead atoms. The Labute approximate surface area is 114 Å². The number of methoxy groups -OCH3 is 1. The highest BCUT2D eigenvalue weighted by molar-refractivity contribution is 5.42. The molecule has 0 atom stereocenters. The van der Waals surface area contributed by atoms with Crippen molar-refractivity contribution in [3.8, 4) is 5.75 Å². The van der Waals surface area contributed by atoms with E-state index in [4.69, 9.17) is 4.74 Å². The zero-order chi connectivity index (χ0) is 14.5. The average Bonchev–Trinajstić information content (AvgIpc) is 2.36. The molecule has 19 heavy (non-hydrogen) atoms. The van der Waals surface area contributed by atoms with Crippen LogP contribution in [0.4, 0.5) is 5.69 Å². The zero-order valence-electron chi connectivity index (χ0n) is 12.0. The first-order chi connectivity index (χ1) is 8.88. The molecule has 0 saturated heterocycles. The maximum Gasteiger partial charge on any atom is 0.273 e. The number of non-ortho nitro benzene ring substituents is 1. The van der Waals surface area contributed by atoms with Gasteiger partial charge in [-0.1, -0.05) is 13.3 Å². The van der Waals surface area contributed by atoms with Crippen LogP contribution >= 0.6 is 0 Å². The molecule has 1 N–H and O–H groups in total. The van der Waals surface area contributed by atoms with Crippen molar-refractivity contribution >= 4 is 5.69 Å². The predicted molar refractivity (Wildman–Crippen MR) is 75.5 cm³/mol. The minimum absolute atomic E-state index is 0.0204. The smallest absolute Gasteiger partial charge is 0.273 e. The van der Waals surface area contributed by atoms with Gasteiger partial charge < -0.3 is 10.1 Å². The number of hydrogen-bond acceptors (Lipinski definition) is 4. The number of nitro groups is 1. The highest BCUT2D eigenvalue weighted by Crippen LogP contribution is 2.23. The standard InChI is InChI=1S/C14H22N2O3/c1-5-6-14(2,3)15-10-11-7-12(16(17)18)9-13(8-11)19-4/h7-9,15H,5-6,10H2,1-4H3. The molecular formula is C14H22N2O3. The summed E-state index contributed by atoms with van der Waals surface area (Å²) in [4.78, 5) is 10.5. The maximum absolute atomic E-state index is 10.9. The van der Waals surface area contributed by atoms with E-state index in [1.807, 2.05) is 6.07 Å². The fourth-order valence-electron chi connectivity index (χ4n) is 2.02. The predicted octanol–water partition coefficient (Wildman–Crippen LogP) is 3.27. The summed E-state index contributed by atoms with van der Waals surface area (Å²) in [5.74, 6) is 0.513. The van der Waals surface area contributed by atoms with E-state index in [2.05, 4.69) is 26.1 Å². The summed E-state index contributed by atoms with van der Waals surface area (Å²) in [6.07, 6.45) is 2.15. The van der Waals surface area contributed by atoms with Crippen LogP contribution in [0, 0.1) is 10.1 Å². The molecular weight excluding hydrogens is 244 g/mol. The molecule has 1 aromatic rings. The normalized spacial score (nSPS) is 11.4. The van der Waals surface area contributed by atoms with Crippen LogP contribution in [0.5, 0.6) is 5.75 Å². The number of nitrogens with zero attached hydrogens (tertiary/aromatic N) is 1. The lowest BCUT2D eigenvalue weighted by Gasteiger charge is -2.26.